The second kappa shape index (κ2) is 6.69. The van der Waals surface area contributed by atoms with E-state index in [1.807, 2.05) is 44.2 Å². The van der Waals surface area contributed by atoms with E-state index in [0.29, 0.717) is 11.6 Å². The van der Waals surface area contributed by atoms with E-state index in [0.717, 1.165) is 38.5 Å². The minimum absolute atomic E-state index is 0.501. The summed E-state index contributed by atoms with van der Waals surface area (Å²) in [6.45, 7) is 0.501. The number of rotatable bonds is 4. The minimum atomic E-state index is 0.501. The van der Waals surface area contributed by atoms with E-state index in [1.54, 1.807) is 23.0 Å². The number of pyridine rings is 1. The van der Waals surface area contributed by atoms with Crippen molar-refractivity contribution in [2.75, 3.05) is 5.32 Å². The molecule has 3 aromatic heterocycles. The molecule has 0 atom stereocenters. The average molecular weight is 364 g/mol. The molecule has 3 heterocycles. The highest BCUT2D eigenvalue weighted by Gasteiger charge is 2.11. The van der Waals surface area contributed by atoms with Gasteiger partial charge < -0.3 is 10.5 Å². The summed E-state index contributed by atoms with van der Waals surface area (Å²) < 4.78 is 2.55. The standard InChI is InChI=1S/C18H15BClN5O/c19-15-10-22-25-17(21-9-12-2-1-7-24(26)11-12)8-16(23-18(15)25)13-3-5-14(20)6-4-13/h1-8,10-11,21H,9,19H2. The Bertz CT molecular complexity index is 1080. The first kappa shape index (κ1) is 16.4. The first-order valence-corrected chi connectivity index (χ1v) is 8.51. The minimum Gasteiger partial charge on any atom is -0.619 e. The number of nitrogens with zero attached hydrogens (tertiary/aromatic N) is 4. The SMILES string of the molecule is Bc1cnn2c(NCc3ccc[n+]([O-])c3)cc(-c3ccc(Cl)cc3)nc12. The van der Waals surface area contributed by atoms with Crippen LogP contribution in [0.15, 0.2) is 61.1 Å². The number of halogens is 1. The zero-order valence-electron chi connectivity index (χ0n) is 14.1. The summed E-state index contributed by atoms with van der Waals surface area (Å²) in [5.74, 6) is 0.800. The number of hydrogen-bond acceptors (Lipinski definition) is 4. The van der Waals surface area contributed by atoms with Gasteiger partial charge in [-0.25, -0.2) is 4.98 Å². The quantitative estimate of drug-likeness (QED) is 0.339. The van der Waals surface area contributed by atoms with Crippen molar-refractivity contribution < 1.29 is 4.73 Å². The molecule has 0 spiro atoms. The predicted molar refractivity (Wildman–Crippen MR) is 104 cm³/mol. The first-order valence-electron chi connectivity index (χ1n) is 8.13. The van der Waals surface area contributed by atoms with Crippen LogP contribution in [-0.2, 0) is 6.54 Å². The lowest BCUT2D eigenvalue weighted by Crippen LogP contribution is -2.25. The molecule has 0 saturated carbocycles. The van der Waals surface area contributed by atoms with E-state index in [4.69, 9.17) is 16.6 Å². The van der Waals surface area contributed by atoms with Gasteiger partial charge in [-0.3, -0.25) is 0 Å². The summed E-state index contributed by atoms with van der Waals surface area (Å²) in [4.78, 5) is 4.73. The van der Waals surface area contributed by atoms with E-state index in [-0.39, 0.29) is 0 Å². The Kier molecular flexibility index (Phi) is 4.22. The van der Waals surface area contributed by atoms with Crippen LogP contribution in [0.1, 0.15) is 5.56 Å². The maximum atomic E-state index is 11.4. The lowest BCUT2D eigenvalue weighted by molar-refractivity contribution is -0.605. The van der Waals surface area contributed by atoms with Crippen LogP contribution in [0.5, 0.6) is 0 Å². The van der Waals surface area contributed by atoms with Crippen LogP contribution in [0.4, 0.5) is 5.82 Å². The molecule has 0 fully saturated rings. The van der Waals surface area contributed by atoms with Crippen molar-refractivity contribution in [3.63, 3.8) is 0 Å². The van der Waals surface area contributed by atoms with Crippen LogP contribution in [0.2, 0.25) is 5.02 Å². The molecule has 1 N–H and O–H groups in total. The highest BCUT2D eigenvalue weighted by molar-refractivity contribution is 6.36. The first-order chi connectivity index (χ1) is 12.6. The lowest BCUT2D eigenvalue weighted by atomic mass is 10.0. The molecule has 0 aliphatic heterocycles. The van der Waals surface area contributed by atoms with Crippen LogP contribution in [0.3, 0.4) is 0 Å². The monoisotopic (exact) mass is 363 g/mol. The van der Waals surface area contributed by atoms with Crippen molar-refractivity contribution in [3.05, 3.63) is 76.8 Å². The van der Waals surface area contributed by atoms with Gasteiger partial charge in [-0.1, -0.05) is 23.7 Å². The molecule has 0 saturated heterocycles. The van der Waals surface area contributed by atoms with Gasteiger partial charge >= 0.3 is 0 Å². The van der Waals surface area contributed by atoms with Gasteiger partial charge in [-0.05, 0) is 23.7 Å². The average Bonchev–Trinajstić information content (AvgIpc) is 3.02. The predicted octanol–water partition coefficient (Wildman–Crippen LogP) is 1.55. The Labute approximate surface area is 156 Å². The van der Waals surface area contributed by atoms with Gasteiger partial charge in [0.2, 0.25) is 0 Å². The fraction of sp³-hybridized carbons (Fsp3) is 0.0556. The Morgan fingerprint density at radius 3 is 2.81 bits per heavy atom. The summed E-state index contributed by atoms with van der Waals surface area (Å²) in [5.41, 5.74) is 4.45. The number of aromatic nitrogens is 4. The molecular weight excluding hydrogens is 348 g/mol. The van der Waals surface area contributed by atoms with Crippen LogP contribution in [0.25, 0.3) is 16.9 Å². The second-order valence-corrected chi connectivity index (χ2v) is 6.46. The molecular formula is C18H15BClN5O. The third kappa shape index (κ3) is 3.21. The molecule has 8 heteroatoms. The Hall–Kier alpha value is -3.06. The van der Waals surface area contributed by atoms with Gasteiger partial charge in [-0.2, -0.15) is 14.3 Å². The molecule has 6 nitrogen and oxygen atoms in total. The highest BCUT2D eigenvalue weighted by atomic mass is 35.5. The number of fused-ring (bicyclic) bond motifs is 1. The molecule has 0 radical (unpaired) electrons. The van der Waals surface area contributed by atoms with Crippen LogP contribution in [-0.4, -0.2) is 22.4 Å². The van der Waals surface area contributed by atoms with Crippen molar-refractivity contribution in [2.24, 2.45) is 0 Å². The summed E-state index contributed by atoms with van der Waals surface area (Å²) in [7, 11) is 1.97. The van der Waals surface area contributed by atoms with Crippen molar-refractivity contribution in [1.29, 1.82) is 0 Å². The van der Waals surface area contributed by atoms with E-state index in [9.17, 15) is 5.21 Å². The summed E-state index contributed by atoms with van der Waals surface area (Å²) in [6.07, 6.45) is 4.79. The summed E-state index contributed by atoms with van der Waals surface area (Å²) in [5, 5.41) is 19.9. The van der Waals surface area contributed by atoms with Gasteiger partial charge in [0, 0.05) is 41.0 Å². The smallest absolute Gasteiger partial charge is 0.185 e. The molecule has 0 unspecified atom stereocenters. The molecule has 4 rings (SSSR count). The normalized spacial score (nSPS) is 11.0. The molecule has 0 aliphatic rings. The van der Waals surface area contributed by atoms with Crippen molar-refractivity contribution in [1.82, 2.24) is 14.6 Å². The number of anilines is 1. The van der Waals surface area contributed by atoms with E-state index in [2.05, 4.69) is 10.4 Å². The molecule has 0 aliphatic carbocycles. The van der Waals surface area contributed by atoms with Crippen LogP contribution >= 0.6 is 11.6 Å². The zero-order chi connectivity index (χ0) is 18.1. The van der Waals surface area contributed by atoms with Gasteiger partial charge in [0.25, 0.3) is 0 Å². The molecule has 0 amide bonds. The molecule has 4 aromatic rings. The van der Waals surface area contributed by atoms with Crippen molar-refractivity contribution in [3.8, 4) is 11.3 Å². The van der Waals surface area contributed by atoms with E-state index >= 15 is 0 Å². The van der Waals surface area contributed by atoms with Crippen molar-refractivity contribution >= 4 is 36.4 Å². The van der Waals surface area contributed by atoms with E-state index in [1.165, 1.54) is 6.20 Å². The maximum Gasteiger partial charge on any atom is 0.185 e. The van der Waals surface area contributed by atoms with Gasteiger partial charge in [0.15, 0.2) is 18.0 Å². The zero-order valence-corrected chi connectivity index (χ0v) is 14.8. The summed E-state index contributed by atoms with van der Waals surface area (Å²) in [6, 6.07) is 13.1. The van der Waals surface area contributed by atoms with Gasteiger partial charge in [0.1, 0.15) is 13.7 Å². The molecule has 26 heavy (non-hydrogen) atoms. The topological polar surface area (TPSA) is 69.2 Å². The Balaban J connectivity index is 1.74. The molecule has 0 bridgehead atoms. The van der Waals surface area contributed by atoms with Crippen LogP contribution < -0.4 is 15.5 Å². The molecule has 128 valence electrons. The number of hydrogen-bond donors (Lipinski definition) is 1. The fourth-order valence-corrected chi connectivity index (χ4v) is 2.89. The third-order valence-electron chi connectivity index (χ3n) is 4.10. The number of benzene rings is 1. The Morgan fingerprint density at radius 2 is 2.04 bits per heavy atom. The maximum absolute atomic E-state index is 11.4. The van der Waals surface area contributed by atoms with Gasteiger partial charge in [-0.15, -0.1) is 0 Å². The fourth-order valence-electron chi connectivity index (χ4n) is 2.77. The summed E-state index contributed by atoms with van der Waals surface area (Å²) >= 11 is 5.99. The van der Waals surface area contributed by atoms with Crippen molar-refractivity contribution in [2.45, 2.75) is 6.54 Å². The highest BCUT2D eigenvalue weighted by Crippen LogP contribution is 2.23. The van der Waals surface area contributed by atoms with Crippen LogP contribution in [0, 0.1) is 5.21 Å². The lowest BCUT2D eigenvalue weighted by Gasteiger charge is -2.11. The third-order valence-corrected chi connectivity index (χ3v) is 4.35. The number of nitrogens with one attached hydrogen (secondary N) is 1. The second-order valence-electron chi connectivity index (χ2n) is 6.02. The largest absolute Gasteiger partial charge is 0.619 e. The van der Waals surface area contributed by atoms with Gasteiger partial charge in [0.05, 0.1) is 5.69 Å². The van der Waals surface area contributed by atoms with E-state index < -0.39 is 0 Å². The Morgan fingerprint density at radius 1 is 1.23 bits per heavy atom. The molecule has 1 aromatic carbocycles.